The summed E-state index contributed by atoms with van der Waals surface area (Å²) in [7, 11) is -4.17. The molecule has 18 heavy (non-hydrogen) atoms. The molecule has 5 heteroatoms. The summed E-state index contributed by atoms with van der Waals surface area (Å²) in [4.78, 5) is 0.00788. The lowest BCUT2D eigenvalue weighted by Crippen LogP contribution is -2.23. The molecule has 1 aliphatic carbocycles. The number of hydrogen-bond donors (Lipinski definition) is 1. The molecule has 2 rings (SSSR count). The molecule has 0 atom stereocenters. The predicted octanol–water partition coefficient (Wildman–Crippen LogP) is 2.65. The maximum absolute atomic E-state index is 11.3. The van der Waals surface area contributed by atoms with E-state index in [1.54, 1.807) is 6.07 Å². The molecule has 1 aromatic carbocycles. The number of nitrogens with zero attached hydrogens (tertiary/aromatic N) is 1. The van der Waals surface area contributed by atoms with Gasteiger partial charge in [0.25, 0.3) is 10.1 Å². The predicted molar refractivity (Wildman–Crippen MR) is 66.7 cm³/mol. The van der Waals surface area contributed by atoms with Crippen molar-refractivity contribution in [2.75, 3.05) is 0 Å². The molecule has 1 fully saturated rings. The minimum atomic E-state index is -4.17. The van der Waals surface area contributed by atoms with Crippen LogP contribution in [0.2, 0.25) is 0 Å². The molecule has 0 aliphatic heterocycles. The van der Waals surface area contributed by atoms with Gasteiger partial charge in [-0.1, -0.05) is 17.7 Å². The van der Waals surface area contributed by atoms with Crippen molar-refractivity contribution in [3.63, 3.8) is 0 Å². The van der Waals surface area contributed by atoms with E-state index in [0.29, 0.717) is 17.9 Å². The van der Waals surface area contributed by atoms with Crippen LogP contribution in [0.4, 0.5) is 0 Å². The summed E-state index contributed by atoms with van der Waals surface area (Å²) in [5.41, 5.74) is 1.66. The van der Waals surface area contributed by atoms with Gasteiger partial charge in [0.15, 0.2) is 0 Å². The number of rotatable bonds is 3. The second-order valence-corrected chi connectivity index (χ2v) is 6.30. The van der Waals surface area contributed by atoms with E-state index in [-0.39, 0.29) is 10.8 Å². The topological polar surface area (TPSA) is 78.2 Å². The van der Waals surface area contributed by atoms with E-state index in [4.69, 9.17) is 5.26 Å². The third kappa shape index (κ3) is 2.55. The van der Waals surface area contributed by atoms with Crippen molar-refractivity contribution in [3.8, 4) is 6.07 Å². The zero-order valence-electron chi connectivity index (χ0n) is 10.1. The molecule has 0 amide bonds. The number of nitriles is 1. The van der Waals surface area contributed by atoms with Gasteiger partial charge in [-0.3, -0.25) is 4.55 Å². The maximum atomic E-state index is 11.3. The van der Waals surface area contributed by atoms with E-state index in [2.05, 4.69) is 6.07 Å². The molecule has 1 N–H and O–H groups in total. The number of aryl methyl sites for hydroxylation is 1. The third-order valence-corrected chi connectivity index (χ3v) is 4.43. The number of hydrogen-bond acceptors (Lipinski definition) is 3. The molecule has 0 aromatic heterocycles. The van der Waals surface area contributed by atoms with Crippen LogP contribution < -0.4 is 0 Å². The summed E-state index contributed by atoms with van der Waals surface area (Å²) in [5.74, 6) is 0.495. The Morgan fingerprint density at radius 2 is 2.11 bits per heavy atom. The Balaban J connectivity index is 2.29. The van der Waals surface area contributed by atoms with E-state index in [9.17, 15) is 13.0 Å². The Kier molecular flexibility index (Phi) is 3.42. The van der Waals surface area contributed by atoms with Crippen LogP contribution in [0.1, 0.15) is 36.3 Å². The normalized spacial score (nSPS) is 23.2. The largest absolute Gasteiger partial charge is 0.294 e. The Bertz CT molecular complexity index is 595. The fourth-order valence-electron chi connectivity index (χ4n) is 2.51. The molecule has 1 aromatic rings. The smallest absolute Gasteiger partial charge is 0.282 e. The molecule has 1 aliphatic rings. The summed E-state index contributed by atoms with van der Waals surface area (Å²) in [6.07, 6.45) is 2.16. The standard InChI is InChI=1S/C13H15NO3S/c1-9-2-3-13(18(15,16)17)12(6-9)11-7-10(8-11)4-5-14/h2-3,6,10-11H,4,7-8H2,1H3,(H,15,16,17). The van der Waals surface area contributed by atoms with Gasteiger partial charge in [0.2, 0.25) is 0 Å². The first kappa shape index (κ1) is 13.1. The van der Waals surface area contributed by atoms with Gasteiger partial charge in [-0.05, 0) is 43.2 Å². The highest BCUT2D eigenvalue weighted by atomic mass is 32.2. The highest BCUT2D eigenvalue weighted by Gasteiger charge is 2.33. The zero-order valence-corrected chi connectivity index (χ0v) is 10.9. The highest BCUT2D eigenvalue weighted by molar-refractivity contribution is 7.85. The van der Waals surface area contributed by atoms with E-state index in [0.717, 1.165) is 18.4 Å². The molecular weight excluding hydrogens is 250 g/mol. The van der Waals surface area contributed by atoms with Crippen LogP contribution in [-0.2, 0) is 10.1 Å². The van der Waals surface area contributed by atoms with Crippen molar-refractivity contribution < 1.29 is 13.0 Å². The summed E-state index contributed by atoms with van der Waals surface area (Å²) >= 11 is 0. The molecule has 0 spiro atoms. The van der Waals surface area contributed by atoms with E-state index in [1.807, 2.05) is 13.0 Å². The lowest BCUT2D eigenvalue weighted by atomic mass is 9.70. The SMILES string of the molecule is Cc1ccc(S(=O)(=O)O)c(C2CC(CC#N)C2)c1. The van der Waals surface area contributed by atoms with Crippen LogP contribution in [0.5, 0.6) is 0 Å². The Labute approximate surface area is 107 Å². The van der Waals surface area contributed by atoms with Crippen molar-refractivity contribution in [1.29, 1.82) is 5.26 Å². The summed E-state index contributed by atoms with van der Waals surface area (Å²) in [6.45, 7) is 1.89. The van der Waals surface area contributed by atoms with Gasteiger partial charge in [-0.2, -0.15) is 13.7 Å². The van der Waals surface area contributed by atoms with Crippen molar-refractivity contribution in [2.45, 2.75) is 37.0 Å². The molecule has 0 saturated heterocycles. The van der Waals surface area contributed by atoms with Gasteiger partial charge in [-0.15, -0.1) is 0 Å². The average Bonchev–Trinajstić information content (AvgIpc) is 2.20. The molecule has 0 unspecified atom stereocenters. The molecule has 4 nitrogen and oxygen atoms in total. The van der Waals surface area contributed by atoms with Gasteiger partial charge >= 0.3 is 0 Å². The lowest BCUT2D eigenvalue weighted by molar-refractivity contribution is 0.265. The van der Waals surface area contributed by atoms with E-state index < -0.39 is 10.1 Å². The molecule has 0 bridgehead atoms. The van der Waals surface area contributed by atoms with Gasteiger partial charge in [0.1, 0.15) is 0 Å². The lowest BCUT2D eigenvalue weighted by Gasteiger charge is -2.35. The zero-order chi connectivity index (χ0) is 13.3. The van der Waals surface area contributed by atoms with Crippen molar-refractivity contribution in [3.05, 3.63) is 29.3 Å². The van der Waals surface area contributed by atoms with Crippen molar-refractivity contribution in [1.82, 2.24) is 0 Å². The minimum Gasteiger partial charge on any atom is -0.282 e. The van der Waals surface area contributed by atoms with Gasteiger partial charge < -0.3 is 0 Å². The van der Waals surface area contributed by atoms with Crippen molar-refractivity contribution >= 4 is 10.1 Å². The Morgan fingerprint density at radius 3 is 2.67 bits per heavy atom. The summed E-state index contributed by atoms with van der Waals surface area (Å²) < 4.78 is 31.9. The molecule has 96 valence electrons. The fourth-order valence-corrected chi connectivity index (χ4v) is 3.27. The van der Waals surface area contributed by atoms with Crippen LogP contribution in [0.25, 0.3) is 0 Å². The summed E-state index contributed by atoms with van der Waals surface area (Å²) in [6, 6.07) is 7.08. The Morgan fingerprint density at radius 1 is 1.44 bits per heavy atom. The second-order valence-electron chi connectivity index (χ2n) is 4.91. The van der Waals surface area contributed by atoms with Crippen molar-refractivity contribution in [2.24, 2.45) is 5.92 Å². The highest BCUT2D eigenvalue weighted by Crippen LogP contribution is 2.45. The quantitative estimate of drug-likeness (QED) is 0.852. The van der Waals surface area contributed by atoms with Gasteiger partial charge in [0, 0.05) is 6.42 Å². The first-order chi connectivity index (χ1) is 8.41. The average molecular weight is 265 g/mol. The van der Waals surface area contributed by atoms with Crippen LogP contribution in [-0.4, -0.2) is 13.0 Å². The van der Waals surface area contributed by atoms with E-state index in [1.165, 1.54) is 6.07 Å². The Hall–Kier alpha value is -1.38. The molecular formula is C13H15NO3S. The van der Waals surface area contributed by atoms with Crippen LogP contribution in [0.15, 0.2) is 23.1 Å². The first-order valence-corrected chi connectivity index (χ1v) is 7.31. The van der Waals surface area contributed by atoms with E-state index >= 15 is 0 Å². The number of benzene rings is 1. The van der Waals surface area contributed by atoms with Crippen LogP contribution >= 0.6 is 0 Å². The fraction of sp³-hybridized carbons (Fsp3) is 0.462. The van der Waals surface area contributed by atoms with Crippen LogP contribution in [0, 0.1) is 24.2 Å². The second kappa shape index (κ2) is 4.71. The third-order valence-electron chi connectivity index (χ3n) is 3.50. The molecule has 0 radical (unpaired) electrons. The minimum absolute atomic E-state index is 0.00788. The van der Waals surface area contributed by atoms with Crippen LogP contribution in [0.3, 0.4) is 0 Å². The molecule has 0 heterocycles. The monoisotopic (exact) mass is 265 g/mol. The van der Waals surface area contributed by atoms with Gasteiger partial charge in [-0.25, -0.2) is 0 Å². The summed E-state index contributed by atoms with van der Waals surface area (Å²) in [5, 5.41) is 8.60. The van der Waals surface area contributed by atoms with Gasteiger partial charge in [0.05, 0.1) is 11.0 Å². The molecule has 1 saturated carbocycles. The maximum Gasteiger partial charge on any atom is 0.294 e. The first-order valence-electron chi connectivity index (χ1n) is 5.87.